The Morgan fingerprint density at radius 3 is 2.17 bits per heavy atom. The van der Waals surface area contributed by atoms with Crippen LogP contribution in [0.25, 0.3) is 0 Å². The van der Waals surface area contributed by atoms with Gasteiger partial charge in [0.15, 0.2) is 0 Å². The van der Waals surface area contributed by atoms with E-state index in [1.54, 1.807) is 0 Å². The van der Waals surface area contributed by atoms with E-state index >= 15 is 0 Å². The van der Waals surface area contributed by atoms with Gasteiger partial charge in [-0.1, -0.05) is 51.8 Å². The van der Waals surface area contributed by atoms with Crippen LogP contribution < -0.4 is 5.73 Å². The minimum atomic E-state index is -0.380. The van der Waals surface area contributed by atoms with Crippen LogP contribution in [0.4, 0.5) is 0 Å². The normalized spacial score (nSPS) is 14.2. The van der Waals surface area contributed by atoms with Crippen LogP contribution in [0.3, 0.4) is 0 Å². The van der Waals surface area contributed by atoms with Crippen molar-refractivity contribution in [3.8, 4) is 0 Å². The summed E-state index contributed by atoms with van der Waals surface area (Å²) < 4.78 is 1.06. The zero-order valence-corrected chi connectivity index (χ0v) is 12.5. The molecule has 0 saturated carbocycles. The van der Waals surface area contributed by atoms with Gasteiger partial charge in [0.2, 0.25) is 0 Å². The van der Waals surface area contributed by atoms with Crippen LogP contribution in [-0.4, -0.2) is 0 Å². The van der Waals surface area contributed by atoms with E-state index in [1.165, 1.54) is 5.56 Å². The van der Waals surface area contributed by atoms with Crippen molar-refractivity contribution < 1.29 is 0 Å². The summed E-state index contributed by atoms with van der Waals surface area (Å²) in [4.78, 5) is 0. The summed E-state index contributed by atoms with van der Waals surface area (Å²) in [5.41, 5.74) is 8.34. The minimum absolute atomic E-state index is 0.380. The molecule has 0 amide bonds. The lowest BCUT2D eigenvalue weighted by molar-refractivity contribution is 0.491. The molecule has 2 rings (SSSR count). The van der Waals surface area contributed by atoms with Gasteiger partial charge >= 0.3 is 0 Å². The highest BCUT2D eigenvalue weighted by Crippen LogP contribution is 2.25. The fraction of sp³-hybridized carbons (Fsp3) is 0.200. The zero-order valence-electron chi connectivity index (χ0n) is 10.2. The molecule has 94 valence electrons. The number of benzene rings is 2. The molecule has 0 aliphatic carbocycles. The van der Waals surface area contributed by atoms with Crippen molar-refractivity contribution in [3.63, 3.8) is 0 Å². The molecule has 2 N–H and O–H groups in total. The van der Waals surface area contributed by atoms with Crippen LogP contribution in [0, 0.1) is 0 Å². The second-order valence-corrected chi connectivity index (χ2v) is 6.08. The van der Waals surface area contributed by atoms with Crippen molar-refractivity contribution in [1.82, 2.24) is 0 Å². The average Bonchev–Trinajstić information content (AvgIpc) is 2.32. The van der Waals surface area contributed by atoms with Crippen LogP contribution in [0.15, 0.2) is 53.0 Å². The van der Waals surface area contributed by atoms with Gasteiger partial charge in [-0.15, -0.1) is 0 Å². The lowest BCUT2D eigenvalue weighted by atomic mass is 9.87. The van der Waals surface area contributed by atoms with E-state index < -0.39 is 0 Å². The SMILES string of the molecule is CC(N)(Cc1ccc(Cl)cc1)c1ccc(Br)cc1. The molecule has 0 saturated heterocycles. The first-order valence-corrected chi connectivity index (χ1v) is 6.94. The van der Waals surface area contributed by atoms with Crippen molar-refractivity contribution in [2.24, 2.45) is 5.73 Å². The van der Waals surface area contributed by atoms with Gasteiger partial charge in [0.1, 0.15) is 0 Å². The van der Waals surface area contributed by atoms with Crippen molar-refractivity contribution in [1.29, 1.82) is 0 Å². The highest BCUT2D eigenvalue weighted by atomic mass is 79.9. The van der Waals surface area contributed by atoms with E-state index in [9.17, 15) is 0 Å². The molecule has 0 aromatic heterocycles. The van der Waals surface area contributed by atoms with Gasteiger partial charge in [0.05, 0.1) is 0 Å². The Bertz CT molecular complexity index is 517. The van der Waals surface area contributed by atoms with Crippen LogP contribution in [0.2, 0.25) is 5.02 Å². The second-order valence-electron chi connectivity index (χ2n) is 4.73. The van der Waals surface area contributed by atoms with Crippen LogP contribution in [0.1, 0.15) is 18.1 Å². The van der Waals surface area contributed by atoms with Crippen LogP contribution in [-0.2, 0) is 12.0 Å². The standard InChI is InChI=1S/C15H15BrClN/c1-15(18,12-4-6-13(16)7-5-12)10-11-2-8-14(17)9-3-11/h2-9H,10,18H2,1H3. The Morgan fingerprint density at radius 1 is 1.06 bits per heavy atom. The van der Waals surface area contributed by atoms with Crippen molar-refractivity contribution >= 4 is 27.5 Å². The fourth-order valence-electron chi connectivity index (χ4n) is 1.96. The molecule has 2 aromatic rings. The van der Waals surface area contributed by atoms with Gasteiger partial charge in [-0.05, 0) is 48.7 Å². The molecule has 1 nitrogen and oxygen atoms in total. The predicted octanol–water partition coefficient (Wildman–Crippen LogP) is 4.52. The predicted molar refractivity (Wildman–Crippen MR) is 80.8 cm³/mol. The molecule has 0 spiro atoms. The Labute approximate surface area is 121 Å². The Balaban J connectivity index is 2.20. The van der Waals surface area contributed by atoms with Gasteiger partial charge in [0, 0.05) is 15.0 Å². The molecule has 0 aliphatic heterocycles. The summed E-state index contributed by atoms with van der Waals surface area (Å²) in [6.45, 7) is 2.05. The molecule has 0 fully saturated rings. The molecular weight excluding hydrogens is 310 g/mol. The molecule has 1 unspecified atom stereocenters. The topological polar surface area (TPSA) is 26.0 Å². The third-order valence-corrected chi connectivity index (χ3v) is 3.77. The molecule has 1 atom stereocenters. The van der Waals surface area contributed by atoms with E-state index in [0.29, 0.717) is 0 Å². The molecule has 18 heavy (non-hydrogen) atoms. The molecule has 0 aliphatic rings. The number of hydrogen-bond acceptors (Lipinski definition) is 1. The van der Waals surface area contributed by atoms with E-state index in [-0.39, 0.29) is 5.54 Å². The molecular formula is C15H15BrClN. The number of nitrogens with two attached hydrogens (primary N) is 1. The molecule has 0 bridgehead atoms. The van der Waals surface area contributed by atoms with Gasteiger partial charge in [-0.2, -0.15) is 0 Å². The summed E-state index contributed by atoms with van der Waals surface area (Å²) >= 11 is 9.31. The number of hydrogen-bond donors (Lipinski definition) is 1. The summed E-state index contributed by atoms with van der Waals surface area (Å²) in [6.07, 6.45) is 0.784. The Kier molecular flexibility index (Phi) is 4.10. The summed E-state index contributed by atoms with van der Waals surface area (Å²) in [5.74, 6) is 0. The number of rotatable bonds is 3. The van der Waals surface area contributed by atoms with Gasteiger partial charge < -0.3 is 5.73 Å². The third-order valence-electron chi connectivity index (χ3n) is 2.99. The monoisotopic (exact) mass is 323 g/mol. The quantitative estimate of drug-likeness (QED) is 0.882. The van der Waals surface area contributed by atoms with Gasteiger partial charge in [0.25, 0.3) is 0 Å². The van der Waals surface area contributed by atoms with E-state index in [0.717, 1.165) is 21.5 Å². The van der Waals surface area contributed by atoms with E-state index in [1.807, 2.05) is 43.3 Å². The van der Waals surface area contributed by atoms with Crippen LogP contribution >= 0.6 is 27.5 Å². The van der Waals surface area contributed by atoms with E-state index in [4.69, 9.17) is 17.3 Å². The maximum atomic E-state index is 6.41. The molecule has 2 aromatic carbocycles. The summed E-state index contributed by atoms with van der Waals surface area (Å²) in [7, 11) is 0. The minimum Gasteiger partial charge on any atom is -0.321 e. The fourth-order valence-corrected chi connectivity index (χ4v) is 2.35. The zero-order chi connectivity index (χ0) is 13.2. The largest absolute Gasteiger partial charge is 0.321 e. The van der Waals surface area contributed by atoms with Crippen molar-refractivity contribution in [2.45, 2.75) is 18.9 Å². The Morgan fingerprint density at radius 2 is 1.61 bits per heavy atom. The van der Waals surface area contributed by atoms with Gasteiger partial charge in [-0.3, -0.25) is 0 Å². The summed E-state index contributed by atoms with van der Waals surface area (Å²) in [6, 6.07) is 16.0. The molecule has 0 heterocycles. The second kappa shape index (κ2) is 5.43. The van der Waals surface area contributed by atoms with Gasteiger partial charge in [-0.25, -0.2) is 0 Å². The average molecular weight is 325 g/mol. The highest BCUT2D eigenvalue weighted by Gasteiger charge is 2.21. The maximum Gasteiger partial charge on any atom is 0.0421 e. The first-order chi connectivity index (χ1) is 8.47. The summed E-state index contributed by atoms with van der Waals surface area (Å²) in [5, 5.41) is 0.751. The van der Waals surface area contributed by atoms with Crippen molar-refractivity contribution in [2.75, 3.05) is 0 Å². The number of halogens is 2. The first-order valence-electron chi connectivity index (χ1n) is 5.77. The highest BCUT2D eigenvalue weighted by molar-refractivity contribution is 9.10. The molecule has 0 radical (unpaired) electrons. The third kappa shape index (κ3) is 3.35. The smallest absolute Gasteiger partial charge is 0.0421 e. The first kappa shape index (κ1) is 13.6. The van der Waals surface area contributed by atoms with Crippen LogP contribution in [0.5, 0.6) is 0 Å². The lowest BCUT2D eigenvalue weighted by Crippen LogP contribution is -2.35. The van der Waals surface area contributed by atoms with Crippen molar-refractivity contribution in [3.05, 3.63) is 69.2 Å². The Hall–Kier alpha value is -0.830. The molecule has 3 heteroatoms. The lowest BCUT2D eigenvalue weighted by Gasteiger charge is -2.25. The maximum absolute atomic E-state index is 6.41. The van der Waals surface area contributed by atoms with E-state index in [2.05, 4.69) is 28.1 Å².